The van der Waals surface area contributed by atoms with E-state index in [1.54, 1.807) is 0 Å². The predicted octanol–water partition coefficient (Wildman–Crippen LogP) is 1.05. The minimum atomic E-state index is -0.527. The Bertz CT molecular complexity index is 564. The number of methoxy groups -OCH3 is 1. The smallest absolute Gasteiger partial charge is 0.270 e. The van der Waals surface area contributed by atoms with Gasteiger partial charge in [0, 0.05) is 44.9 Å². The fourth-order valence-electron chi connectivity index (χ4n) is 2.52. The molecular formula is C15H23ClN4O4. The Kier molecular flexibility index (Phi) is 8.45. The predicted molar refractivity (Wildman–Crippen MR) is 93.2 cm³/mol. The van der Waals surface area contributed by atoms with Gasteiger partial charge in [0.1, 0.15) is 5.75 Å². The van der Waals surface area contributed by atoms with Crippen molar-refractivity contribution in [2.45, 2.75) is 6.42 Å². The number of hydrogen-bond donors (Lipinski definition) is 2. The van der Waals surface area contributed by atoms with Gasteiger partial charge < -0.3 is 20.3 Å². The largest absolute Gasteiger partial charge is 0.496 e. The summed E-state index contributed by atoms with van der Waals surface area (Å²) in [6, 6.07) is 4.00. The van der Waals surface area contributed by atoms with Crippen LogP contribution in [0.5, 0.6) is 5.75 Å². The fraction of sp³-hybridized carbons (Fsp3) is 0.533. The van der Waals surface area contributed by atoms with Crippen LogP contribution in [0.2, 0.25) is 0 Å². The van der Waals surface area contributed by atoms with Crippen LogP contribution in [0.15, 0.2) is 18.2 Å². The molecule has 1 aliphatic rings. The molecule has 134 valence electrons. The SMILES string of the molecule is COc1ccc([N+](=O)[O-])cc1C(=O)NCCCN1CCNCC1.Cl. The van der Waals surface area contributed by atoms with Crippen molar-refractivity contribution in [3.05, 3.63) is 33.9 Å². The van der Waals surface area contributed by atoms with Crippen LogP contribution in [-0.2, 0) is 0 Å². The first kappa shape index (κ1) is 20.1. The molecule has 1 amide bonds. The van der Waals surface area contributed by atoms with Crippen LogP contribution in [0.3, 0.4) is 0 Å². The molecule has 0 spiro atoms. The Labute approximate surface area is 147 Å². The van der Waals surface area contributed by atoms with E-state index < -0.39 is 4.92 Å². The molecule has 0 unspecified atom stereocenters. The number of nitro groups is 1. The van der Waals surface area contributed by atoms with E-state index in [1.165, 1.54) is 25.3 Å². The average molecular weight is 359 g/mol. The van der Waals surface area contributed by atoms with Crippen molar-refractivity contribution in [3.63, 3.8) is 0 Å². The first-order valence-electron chi connectivity index (χ1n) is 7.65. The molecule has 0 aliphatic carbocycles. The van der Waals surface area contributed by atoms with Crippen molar-refractivity contribution in [1.82, 2.24) is 15.5 Å². The molecule has 8 nitrogen and oxygen atoms in total. The quantitative estimate of drug-likeness (QED) is 0.429. The lowest BCUT2D eigenvalue weighted by atomic mass is 10.1. The summed E-state index contributed by atoms with van der Waals surface area (Å²) in [6.07, 6.45) is 0.836. The number of non-ortho nitro benzene ring substituents is 1. The zero-order valence-corrected chi connectivity index (χ0v) is 14.4. The van der Waals surface area contributed by atoms with Crippen LogP contribution in [0.1, 0.15) is 16.8 Å². The summed E-state index contributed by atoms with van der Waals surface area (Å²) in [7, 11) is 1.43. The number of hydrogen-bond acceptors (Lipinski definition) is 6. The van der Waals surface area contributed by atoms with E-state index in [4.69, 9.17) is 4.74 Å². The van der Waals surface area contributed by atoms with Crippen LogP contribution >= 0.6 is 12.4 Å². The van der Waals surface area contributed by atoms with Crippen LogP contribution in [-0.4, -0.2) is 62.1 Å². The number of carbonyl (C=O) groups excluding carboxylic acids is 1. The molecule has 1 saturated heterocycles. The topological polar surface area (TPSA) is 96.7 Å². The van der Waals surface area contributed by atoms with Gasteiger partial charge >= 0.3 is 0 Å². The summed E-state index contributed by atoms with van der Waals surface area (Å²) >= 11 is 0. The zero-order chi connectivity index (χ0) is 16.7. The molecule has 0 saturated carbocycles. The Balaban J connectivity index is 0.00000288. The van der Waals surface area contributed by atoms with Gasteiger partial charge in [-0.2, -0.15) is 0 Å². The fourth-order valence-corrected chi connectivity index (χ4v) is 2.52. The summed E-state index contributed by atoms with van der Waals surface area (Å²) in [5, 5.41) is 16.9. The van der Waals surface area contributed by atoms with Crippen LogP contribution < -0.4 is 15.4 Å². The monoisotopic (exact) mass is 358 g/mol. The number of carbonyl (C=O) groups is 1. The van der Waals surface area contributed by atoms with Crippen molar-refractivity contribution in [2.75, 3.05) is 46.4 Å². The van der Waals surface area contributed by atoms with Crippen molar-refractivity contribution < 1.29 is 14.5 Å². The van der Waals surface area contributed by atoms with Crippen molar-refractivity contribution in [1.29, 1.82) is 0 Å². The lowest BCUT2D eigenvalue weighted by molar-refractivity contribution is -0.384. The van der Waals surface area contributed by atoms with E-state index in [0.717, 1.165) is 39.1 Å². The minimum absolute atomic E-state index is 0. The molecule has 24 heavy (non-hydrogen) atoms. The van der Waals surface area contributed by atoms with Crippen molar-refractivity contribution in [2.24, 2.45) is 0 Å². The van der Waals surface area contributed by atoms with Gasteiger partial charge in [-0.15, -0.1) is 12.4 Å². The van der Waals surface area contributed by atoms with Crippen molar-refractivity contribution in [3.8, 4) is 5.75 Å². The lowest BCUT2D eigenvalue weighted by Gasteiger charge is -2.27. The number of halogens is 1. The third kappa shape index (κ3) is 5.63. The van der Waals surface area contributed by atoms with E-state index in [0.29, 0.717) is 12.3 Å². The van der Waals surface area contributed by atoms with Gasteiger partial charge in [0.05, 0.1) is 17.6 Å². The summed E-state index contributed by atoms with van der Waals surface area (Å²) in [6.45, 7) is 5.48. The Morgan fingerprint density at radius 2 is 2.12 bits per heavy atom. The average Bonchev–Trinajstić information content (AvgIpc) is 2.58. The second-order valence-electron chi connectivity index (χ2n) is 5.34. The maximum absolute atomic E-state index is 12.2. The van der Waals surface area contributed by atoms with Gasteiger partial charge in [0.15, 0.2) is 0 Å². The first-order chi connectivity index (χ1) is 11.1. The molecule has 0 aromatic heterocycles. The van der Waals surface area contributed by atoms with Crippen molar-refractivity contribution >= 4 is 24.0 Å². The van der Waals surface area contributed by atoms with E-state index in [9.17, 15) is 14.9 Å². The number of benzene rings is 1. The standard InChI is InChI=1S/C15H22N4O4.ClH/c1-23-14-4-3-12(19(21)22)11-13(14)15(20)17-5-2-8-18-9-6-16-7-10-18;/h3-4,11,16H,2,5-10H2,1H3,(H,17,20);1H. The molecule has 0 atom stereocenters. The second kappa shape index (κ2) is 10.1. The molecular weight excluding hydrogens is 336 g/mol. The summed E-state index contributed by atoms with van der Waals surface area (Å²) < 4.78 is 5.10. The van der Waals surface area contributed by atoms with E-state index in [1.807, 2.05) is 0 Å². The Hall–Kier alpha value is -1.90. The number of nitrogens with zero attached hydrogens (tertiary/aromatic N) is 2. The number of amides is 1. The molecule has 0 radical (unpaired) electrons. The maximum atomic E-state index is 12.2. The van der Waals surface area contributed by atoms with Gasteiger partial charge in [-0.25, -0.2) is 0 Å². The van der Waals surface area contributed by atoms with Gasteiger partial charge in [-0.1, -0.05) is 0 Å². The van der Waals surface area contributed by atoms with Gasteiger partial charge in [-0.05, 0) is 19.0 Å². The maximum Gasteiger partial charge on any atom is 0.270 e. The zero-order valence-electron chi connectivity index (χ0n) is 13.6. The Morgan fingerprint density at radius 3 is 2.75 bits per heavy atom. The molecule has 2 N–H and O–H groups in total. The molecule has 0 bridgehead atoms. The third-order valence-electron chi connectivity index (χ3n) is 3.78. The molecule has 2 rings (SSSR count). The number of piperazine rings is 1. The molecule has 9 heteroatoms. The van der Waals surface area contributed by atoms with E-state index in [2.05, 4.69) is 15.5 Å². The van der Waals surface area contributed by atoms with Crippen LogP contribution in [0.25, 0.3) is 0 Å². The van der Waals surface area contributed by atoms with Gasteiger partial charge in [0.25, 0.3) is 11.6 Å². The summed E-state index contributed by atoms with van der Waals surface area (Å²) in [5.41, 5.74) is 0.0561. The molecule has 1 aliphatic heterocycles. The summed E-state index contributed by atoms with van der Waals surface area (Å²) in [5.74, 6) is -0.0268. The minimum Gasteiger partial charge on any atom is -0.496 e. The highest BCUT2D eigenvalue weighted by Gasteiger charge is 2.17. The van der Waals surface area contributed by atoms with Gasteiger partial charge in [0.2, 0.25) is 0 Å². The number of nitro benzene ring substituents is 1. The number of rotatable bonds is 7. The number of ether oxygens (including phenoxy) is 1. The normalized spacial score (nSPS) is 14.5. The number of nitrogens with one attached hydrogen (secondary N) is 2. The first-order valence-corrected chi connectivity index (χ1v) is 7.65. The molecule has 1 aromatic carbocycles. The van der Waals surface area contributed by atoms with Crippen LogP contribution in [0.4, 0.5) is 5.69 Å². The van der Waals surface area contributed by atoms with Gasteiger partial charge in [-0.3, -0.25) is 14.9 Å². The highest BCUT2D eigenvalue weighted by Crippen LogP contribution is 2.23. The molecule has 1 aromatic rings. The molecule has 1 fully saturated rings. The van der Waals surface area contributed by atoms with Crippen LogP contribution in [0, 0.1) is 10.1 Å². The summed E-state index contributed by atoms with van der Waals surface area (Å²) in [4.78, 5) is 24.9. The second-order valence-corrected chi connectivity index (χ2v) is 5.34. The lowest BCUT2D eigenvalue weighted by Crippen LogP contribution is -2.44. The highest BCUT2D eigenvalue weighted by molar-refractivity contribution is 5.97. The third-order valence-corrected chi connectivity index (χ3v) is 3.78. The Morgan fingerprint density at radius 1 is 1.42 bits per heavy atom. The van der Waals surface area contributed by atoms with E-state index >= 15 is 0 Å². The van der Waals surface area contributed by atoms with E-state index in [-0.39, 0.29) is 29.6 Å². The highest BCUT2D eigenvalue weighted by atomic mass is 35.5. The molecule has 1 heterocycles.